The highest BCUT2D eigenvalue weighted by Crippen LogP contribution is 2.22. The Labute approximate surface area is 120 Å². The summed E-state index contributed by atoms with van der Waals surface area (Å²) < 4.78 is 26.3. The van der Waals surface area contributed by atoms with Gasteiger partial charge in [0.25, 0.3) is 0 Å². The van der Waals surface area contributed by atoms with Crippen molar-refractivity contribution >= 4 is 15.8 Å². The second kappa shape index (κ2) is 6.06. The first kappa shape index (κ1) is 15.2. The predicted octanol–water partition coefficient (Wildman–Crippen LogP) is 2.03. The zero-order valence-corrected chi connectivity index (χ0v) is 12.8. The molecule has 0 amide bonds. The average Bonchev–Trinajstić information content (AvgIpc) is 2.42. The number of benzene rings is 1. The largest absolute Gasteiger partial charge is 0.299 e. The number of carbonyl (C=O) groups is 1. The van der Waals surface area contributed by atoms with Crippen LogP contribution in [0.1, 0.15) is 31.7 Å². The zero-order chi connectivity index (χ0) is 14.8. The van der Waals surface area contributed by atoms with Crippen LogP contribution in [0.5, 0.6) is 0 Å². The number of piperidine rings is 1. The fourth-order valence-corrected chi connectivity index (χ4v) is 4.39. The van der Waals surface area contributed by atoms with Crippen molar-refractivity contribution in [3.05, 3.63) is 35.9 Å². The van der Waals surface area contributed by atoms with Gasteiger partial charge >= 0.3 is 0 Å². The number of hydrogen-bond acceptors (Lipinski definition) is 3. The molecule has 0 bridgehead atoms. The van der Waals surface area contributed by atoms with Gasteiger partial charge in [-0.25, -0.2) is 12.7 Å². The van der Waals surface area contributed by atoms with Crippen molar-refractivity contribution in [1.82, 2.24) is 4.31 Å². The van der Waals surface area contributed by atoms with Gasteiger partial charge in [0, 0.05) is 25.4 Å². The minimum atomic E-state index is -3.31. The Balaban J connectivity index is 2.06. The highest BCUT2D eigenvalue weighted by atomic mass is 32.2. The van der Waals surface area contributed by atoms with Crippen molar-refractivity contribution in [1.29, 1.82) is 0 Å². The van der Waals surface area contributed by atoms with Crippen LogP contribution in [-0.4, -0.2) is 37.3 Å². The van der Waals surface area contributed by atoms with E-state index in [-0.39, 0.29) is 23.4 Å². The lowest BCUT2D eigenvalue weighted by molar-refractivity contribution is -0.124. The van der Waals surface area contributed by atoms with E-state index in [9.17, 15) is 13.2 Å². The van der Waals surface area contributed by atoms with Gasteiger partial charge in [0.15, 0.2) is 0 Å². The van der Waals surface area contributed by atoms with E-state index in [1.807, 2.05) is 37.3 Å². The summed E-state index contributed by atoms with van der Waals surface area (Å²) >= 11 is 0. The maximum Gasteiger partial charge on any atom is 0.214 e. The molecule has 1 aromatic rings. The number of sulfonamides is 1. The molecule has 4 nitrogen and oxygen atoms in total. The molecule has 0 radical (unpaired) electrons. The van der Waals surface area contributed by atoms with Crippen LogP contribution in [0.3, 0.4) is 0 Å². The first-order valence-electron chi connectivity index (χ1n) is 6.95. The van der Waals surface area contributed by atoms with E-state index in [2.05, 4.69) is 0 Å². The van der Waals surface area contributed by atoms with Gasteiger partial charge in [-0.05, 0) is 11.5 Å². The van der Waals surface area contributed by atoms with E-state index in [0.717, 1.165) is 5.56 Å². The van der Waals surface area contributed by atoms with Crippen molar-refractivity contribution in [3.8, 4) is 0 Å². The highest BCUT2D eigenvalue weighted by molar-refractivity contribution is 7.89. The average molecular weight is 295 g/mol. The molecule has 2 atom stereocenters. The summed E-state index contributed by atoms with van der Waals surface area (Å²) in [7, 11) is -3.31. The molecule has 20 heavy (non-hydrogen) atoms. The molecular weight excluding hydrogens is 274 g/mol. The Kier molecular flexibility index (Phi) is 4.60. The number of hydrogen-bond donors (Lipinski definition) is 0. The lowest BCUT2D eigenvalue weighted by atomic mass is 10.0. The molecule has 5 heteroatoms. The van der Waals surface area contributed by atoms with Crippen molar-refractivity contribution in [3.63, 3.8) is 0 Å². The summed E-state index contributed by atoms with van der Waals surface area (Å²) in [4.78, 5) is 11.5. The number of ketones is 1. The van der Waals surface area contributed by atoms with Crippen LogP contribution >= 0.6 is 0 Å². The number of carbonyl (C=O) groups excluding carboxylic acids is 1. The van der Waals surface area contributed by atoms with Gasteiger partial charge in [-0.3, -0.25) is 4.79 Å². The summed E-state index contributed by atoms with van der Waals surface area (Å²) in [6.07, 6.45) is 0.333. The third-order valence-corrected chi connectivity index (χ3v) is 5.90. The van der Waals surface area contributed by atoms with E-state index in [1.54, 1.807) is 6.92 Å². The van der Waals surface area contributed by atoms with Gasteiger partial charge < -0.3 is 0 Å². The molecule has 1 aromatic carbocycles. The second-order valence-electron chi connectivity index (χ2n) is 5.57. The van der Waals surface area contributed by atoms with Crippen LogP contribution in [-0.2, 0) is 14.8 Å². The first-order chi connectivity index (χ1) is 9.40. The van der Waals surface area contributed by atoms with Crippen molar-refractivity contribution in [2.24, 2.45) is 5.92 Å². The number of Topliss-reactive ketones (excluding diaryl/α,β-unsaturated/α-hetero) is 1. The molecule has 2 unspecified atom stereocenters. The standard InChI is InChI=1S/C15H21NO3S/c1-12-10-16(9-8-15(12)17)20(18,19)11-13(2)14-6-4-3-5-7-14/h3-7,12-13H,8-11H2,1-2H3. The molecule has 1 aliphatic heterocycles. The smallest absolute Gasteiger partial charge is 0.214 e. The van der Waals surface area contributed by atoms with Crippen molar-refractivity contribution in [2.45, 2.75) is 26.2 Å². The number of nitrogens with zero attached hydrogens (tertiary/aromatic N) is 1. The van der Waals surface area contributed by atoms with E-state index < -0.39 is 10.0 Å². The monoisotopic (exact) mass is 295 g/mol. The van der Waals surface area contributed by atoms with Crippen LogP contribution in [0.15, 0.2) is 30.3 Å². The minimum absolute atomic E-state index is 0.0471. The quantitative estimate of drug-likeness (QED) is 0.854. The lowest BCUT2D eigenvalue weighted by Gasteiger charge is -2.30. The van der Waals surface area contributed by atoms with E-state index in [0.29, 0.717) is 19.5 Å². The fraction of sp³-hybridized carbons (Fsp3) is 0.533. The summed E-state index contributed by atoms with van der Waals surface area (Å²) in [5.74, 6) is 0.0185. The Hall–Kier alpha value is -1.20. The Bertz CT molecular complexity index is 568. The van der Waals surface area contributed by atoms with Gasteiger partial charge in [0.05, 0.1) is 5.75 Å². The van der Waals surface area contributed by atoms with Crippen LogP contribution in [0.2, 0.25) is 0 Å². The van der Waals surface area contributed by atoms with Crippen LogP contribution in [0, 0.1) is 5.92 Å². The summed E-state index contributed by atoms with van der Waals surface area (Å²) in [5.41, 5.74) is 1.03. The third kappa shape index (κ3) is 3.46. The lowest BCUT2D eigenvalue weighted by Crippen LogP contribution is -2.44. The van der Waals surface area contributed by atoms with E-state index in [4.69, 9.17) is 0 Å². The summed E-state index contributed by atoms with van der Waals surface area (Å²) in [6.45, 7) is 4.37. The molecule has 0 aliphatic carbocycles. The second-order valence-corrected chi connectivity index (χ2v) is 7.58. The molecular formula is C15H21NO3S. The van der Waals surface area contributed by atoms with E-state index in [1.165, 1.54) is 4.31 Å². The molecule has 1 aliphatic rings. The molecule has 1 fully saturated rings. The Morgan fingerprint density at radius 1 is 1.30 bits per heavy atom. The predicted molar refractivity (Wildman–Crippen MR) is 79.0 cm³/mol. The Morgan fingerprint density at radius 2 is 1.95 bits per heavy atom. The zero-order valence-electron chi connectivity index (χ0n) is 12.0. The van der Waals surface area contributed by atoms with Crippen LogP contribution in [0.4, 0.5) is 0 Å². The highest BCUT2D eigenvalue weighted by Gasteiger charge is 2.32. The van der Waals surface area contributed by atoms with E-state index >= 15 is 0 Å². The molecule has 1 heterocycles. The van der Waals surface area contributed by atoms with Crippen LogP contribution in [0.25, 0.3) is 0 Å². The summed E-state index contributed by atoms with van der Waals surface area (Å²) in [6, 6.07) is 9.65. The van der Waals surface area contributed by atoms with Gasteiger partial charge in [-0.15, -0.1) is 0 Å². The van der Waals surface area contributed by atoms with Gasteiger partial charge in [0.2, 0.25) is 10.0 Å². The van der Waals surface area contributed by atoms with Gasteiger partial charge in [-0.2, -0.15) is 0 Å². The summed E-state index contributed by atoms with van der Waals surface area (Å²) in [5, 5.41) is 0. The minimum Gasteiger partial charge on any atom is -0.299 e. The maximum atomic E-state index is 12.4. The molecule has 0 aromatic heterocycles. The molecule has 2 rings (SSSR count). The normalized spacial score (nSPS) is 22.7. The van der Waals surface area contributed by atoms with Gasteiger partial charge in [0.1, 0.15) is 5.78 Å². The topological polar surface area (TPSA) is 54.5 Å². The molecule has 1 saturated heterocycles. The Morgan fingerprint density at radius 3 is 2.55 bits per heavy atom. The number of rotatable bonds is 4. The SMILES string of the molecule is CC1CN(S(=O)(=O)CC(C)c2ccccc2)CCC1=O. The maximum absolute atomic E-state index is 12.4. The fourth-order valence-electron chi connectivity index (χ4n) is 2.53. The van der Waals surface area contributed by atoms with Crippen molar-refractivity contribution in [2.75, 3.05) is 18.8 Å². The molecule has 0 spiro atoms. The molecule has 0 N–H and O–H groups in total. The third-order valence-electron chi connectivity index (χ3n) is 3.86. The van der Waals surface area contributed by atoms with Crippen LogP contribution < -0.4 is 0 Å². The molecule has 110 valence electrons. The first-order valence-corrected chi connectivity index (χ1v) is 8.56. The molecule has 0 saturated carbocycles. The van der Waals surface area contributed by atoms with Crippen molar-refractivity contribution < 1.29 is 13.2 Å². The van der Waals surface area contributed by atoms with Gasteiger partial charge in [-0.1, -0.05) is 44.2 Å².